The van der Waals surface area contributed by atoms with E-state index in [1.807, 2.05) is 25.1 Å². The third kappa shape index (κ3) is 1.97. The third-order valence-electron chi connectivity index (χ3n) is 3.03. The van der Waals surface area contributed by atoms with Gasteiger partial charge in [0.1, 0.15) is 5.52 Å². The maximum Gasteiger partial charge on any atom is 0.207 e. The lowest BCUT2D eigenvalue weighted by atomic mass is 10.2. The normalized spacial score (nSPS) is 11.2. The Labute approximate surface area is 133 Å². The number of halogens is 3. The van der Waals surface area contributed by atoms with Crippen LogP contribution in [0.15, 0.2) is 28.9 Å². The van der Waals surface area contributed by atoms with Crippen LogP contribution in [0.4, 0.5) is 5.95 Å². The summed E-state index contributed by atoms with van der Waals surface area (Å²) in [7, 11) is 0. The summed E-state index contributed by atoms with van der Waals surface area (Å²) < 4.78 is 2.42. The van der Waals surface area contributed by atoms with Crippen LogP contribution in [0, 0.1) is 6.92 Å². The van der Waals surface area contributed by atoms with Gasteiger partial charge in [0.15, 0.2) is 5.65 Å². The fraction of sp³-hybridized carbons (Fsp3) is 0.0769. The summed E-state index contributed by atoms with van der Waals surface area (Å²) >= 11 is 15.8. The van der Waals surface area contributed by atoms with E-state index in [-0.39, 0.29) is 0 Å². The molecule has 0 bridgehead atoms. The number of aromatic nitrogens is 3. The van der Waals surface area contributed by atoms with Crippen LogP contribution in [-0.2, 0) is 0 Å². The summed E-state index contributed by atoms with van der Waals surface area (Å²) in [5.41, 5.74) is 9.07. The predicted octanol–water partition coefficient (Wildman–Crippen LogP) is 4.38. The number of fused-ring (bicyclic) bond motifs is 1. The molecule has 0 aliphatic rings. The van der Waals surface area contributed by atoms with E-state index in [2.05, 4.69) is 25.9 Å². The fourth-order valence-corrected chi connectivity index (χ4v) is 2.89. The Kier molecular flexibility index (Phi) is 3.36. The molecule has 4 nitrogen and oxygen atoms in total. The molecule has 0 saturated heterocycles. The van der Waals surface area contributed by atoms with Gasteiger partial charge in [-0.25, -0.2) is 9.97 Å². The van der Waals surface area contributed by atoms with E-state index in [0.717, 1.165) is 15.6 Å². The Balaban J connectivity index is 2.39. The molecule has 0 fully saturated rings. The van der Waals surface area contributed by atoms with Crippen LogP contribution in [0.1, 0.15) is 5.56 Å². The highest BCUT2D eigenvalue weighted by Crippen LogP contribution is 2.37. The minimum Gasteiger partial charge on any atom is -0.369 e. The van der Waals surface area contributed by atoms with E-state index in [4.69, 9.17) is 28.9 Å². The molecule has 3 aromatic rings. The van der Waals surface area contributed by atoms with Crippen molar-refractivity contribution in [2.45, 2.75) is 6.92 Å². The lowest BCUT2D eigenvalue weighted by Gasteiger charge is -2.10. The Morgan fingerprint density at radius 3 is 2.70 bits per heavy atom. The minimum atomic E-state index is 0.321. The summed E-state index contributed by atoms with van der Waals surface area (Å²) in [5.74, 6) is 0.321. The highest BCUT2D eigenvalue weighted by atomic mass is 79.9. The van der Waals surface area contributed by atoms with Crippen molar-refractivity contribution in [1.29, 1.82) is 0 Å². The molecule has 3 rings (SSSR count). The molecule has 2 aromatic heterocycles. The van der Waals surface area contributed by atoms with E-state index >= 15 is 0 Å². The SMILES string of the molecule is Cc1ccnc2c1nc(N)n2-c1ccc(Br)c(Cl)c1Cl. The monoisotopic (exact) mass is 370 g/mol. The number of pyridine rings is 1. The molecule has 20 heavy (non-hydrogen) atoms. The zero-order valence-corrected chi connectivity index (χ0v) is 13.5. The average Bonchev–Trinajstić information content (AvgIpc) is 2.75. The van der Waals surface area contributed by atoms with Crippen LogP contribution in [-0.4, -0.2) is 14.5 Å². The number of nitrogen functional groups attached to an aromatic ring is 1. The number of anilines is 1. The van der Waals surface area contributed by atoms with Gasteiger partial charge in [-0.1, -0.05) is 23.2 Å². The van der Waals surface area contributed by atoms with Gasteiger partial charge in [-0.3, -0.25) is 4.57 Å². The van der Waals surface area contributed by atoms with Crippen LogP contribution >= 0.6 is 39.1 Å². The average molecular weight is 372 g/mol. The van der Waals surface area contributed by atoms with Crippen molar-refractivity contribution >= 4 is 56.2 Å². The zero-order valence-electron chi connectivity index (χ0n) is 10.4. The largest absolute Gasteiger partial charge is 0.369 e. The summed E-state index contributed by atoms with van der Waals surface area (Å²) in [4.78, 5) is 8.69. The summed E-state index contributed by atoms with van der Waals surface area (Å²) in [6.07, 6.45) is 1.71. The first-order valence-corrected chi connectivity index (χ1v) is 7.29. The Morgan fingerprint density at radius 2 is 1.95 bits per heavy atom. The molecule has 0 atom stereocenters. The van der Waals surface area contributed by atoms with Gasteiger partial charge >= 0.3 is 0 Å². The minimum absolute atomic E-state index is 0.321. The lowest BCUT2D eigenvalue weighted by molar-refractivity contribution is 1.08. The molecule has 1 aromatic carbocycles. The molecule has 0 unspecified atom stereocenters. The van der Waals surface area contributed by atoms with Crippen LogP contribution in [0.2, 0.25) is 10.0 Å². The van der Waals surface area contributed by atoms with E-state index in [0.29, 0.717) is 27.3 Å². The maximum atomic E-state index is 6.31. The highest BCUT2D eigenvalue weighted by Gasteiger charge is 2.17. The van der Waals surface area contributed by atoms with Crippen molar-refractivity contribution in [3.63, 3.8) is 0 Å². The van der Waals surface area contributed by atoms with E-state index in [1.165, 1.54) is 0 Å². The number of nitrogens with two attached hydrogens (primary N) is 1. The van der Waals surface area contributed by atoms with E-state index in [9.17, 15) is 0 Å². The first kappa shape index (κ1) is 13.7. The number of imidazole rings is 1. The number of hydrogen-bond donors (Lipinski definition) is 1. The van der Waals surface area contributed by atoms with Crippen molar-refractivity contribution in [2.24, 2.45) is 0 Å². The first-order chi connectivity index (χ1) is 9.50. The van der Waals surface area contributed by atoms with Gasteiger partial charge in [0.2, 0.25) is 5.95 Å². The molecule has 2 heterocycles. The van der Waals surface area contributed by atoms with Crippen LogP contribution in [0.25, 0.3) is 16.9 Å². The molecule has 0 saturated carbocycles. The second-order valence-corrected chi connectivity index (χ2v) is 5.91. The number of rotatable bonds is 1. The summed E-state index contributed by atoms with van der Waals surface area (Å²) in [5, 5.41) is 0.827. The van der Waals surface area contributed by atoms with Crippen LogP contribution in [0.3, 0.4) is 0 Å². The molecule has 102 valence electrons. The zero-order chi connectivity index (χ0) is 14.4. The molecule has 0 aliphatic carbocycles. The smallest absolute Gasteiger partial charge is 0.207 e. The predicted molar refractivity (Wildman–Crippen MR) is 85.7 cm³/mol. The third-order valence-corrected chi connectivity index (χ3v) is 4.79. The molecule has 2 N–H and O–H groups in total. The van der Waals surface area contributed by atoms with Gasteiger partial charge in [0.25, 0.3) is 0 Å². The molecule has 0 aliphatic heterocycles. The summed E-state index contributed by atoms with van der Waals surface area (Å²) in [6, 6.07) is 5.51. The quantitative estimate of drug-likeness (QED) is 0.645. The topological polar surface area (TPSA) is 56.7 Å². The number of aryl methyl sites for hydroxylation is 1. The Bertz CT molecular complexity index is 829. The van der Waals surface area contributed by atoms with E-state index in [1.54, 1.807) is 10.8 Å². The molecular formula is C13H9BrCl2N4. The van der Waals surface area contributed by atoms with Gasteiger partial charge in [-0.15, -0.1) is 0 Å². The van der Waals surface area contributed by atoms with Crippen LogP contribution in [0.5, 0.6) is 0 Å². The number of benzene rings is 1. The van der Waals surface area contributed by atoms with Gasteiger partial charge in [0.05, 0.1) is 15.7 Å². The van der Waals surface area contributed by atoms with Crippen molar-refractivity contribution in [2.75, 3.05) is 5.73 Å². The molecule has 0 spiro atoms. The Morgan fingerprint density at radius 1 is 1.20 bits per heavy atom. The van der Waals surface area contributed by atoms with Gasteiger partial charge in [-0.2, -0.15) is 0 Å². The summed E-state index contributed by atoms with van der Waals surface area (Å²) in [6.45, 7) is 1.96. The molecular weight excluding hydrogens is 363 g/mol. The molecule has 0 amide bonds. The van der Waals surface area contributed by atoms with Gasteiger partial charge in [-0.05, 0) is 46.6 Å². The second kappa shape index (κ2) is 4.91. The highest BCUT2D eigenvalue weighted by molar-refractivity contribution is 9.10. The fourth-order valence-electron chi connectivity index (χ4n) is 2.04. The number of hydrogen-bond acceptors (Lipinski definition) is 3. The van der Waals surface area contributed by atoms with E-state index < -0.39 is 0 Å². The van der Waals surface area contributed by atoms with Crippen molar-refractivity contribution < 1.29 is 0 Å². The van der Waals surface area contributed by atoms with Gasteiger partial charge < -0.3 is 5.73 Å². The first-order valence-electron chi connectivity index (χ1n) is 5.74. The van der Waals surface area contributed by atoms with Crippen molar-refractivity contribution in [3.8, 4) is 5.69 Å². The molecule has 0 radical (unpaired) electrons. The van der Waals surface area contributed by atoms with Gasteiger partial charge in [0, 0.05) is 10.7 Å². The van der Waals surface area contributed by atoms with Crippen LogP contribution < -0.4 is 5.73 Å². The van der Waals surface area contributed by atoms with Crippen molar-refractivity contribution in [3.05, 3.63) is 44.5 Å². The second-order valence-electron chi connectivity index (χ2n) is 4.30. The maximum absolute atomic E-state index is 6.31. The Hall–Kier alpha value is -1.30. The molecule has 7 heteroatoms. The number of nitrogens with zero attached hydrogens (tertiary/aromatic N) is 3. The standard InChI is InChI=1S/C13H9BrCl2N4/c1-6-4-5-18-12-11(6)19-13(17)20(12)8-3-2-7(14)9(15)10(8)16/h2-5H,1H3,(H2,17,19). The van der Waals surface area contributed by atoms with Crippen molar-refractivity contribution in [1.82, 2.24) is 14.5 Å². The lowest BCUT2D eigenvalue weighted by Crippen LogP contribution is -2.02.